The summed E-state index contributed by atoms with van der Waals surface area (Å²) in [6.45, 7) is 5.59. The van der Waals surface area contributed by atoms with Crippen LogP contribution in [0.3, 0.4) is 0 Å². The number of amides is 1. The molecule has 7 nitrogen and oxygen atoms in total. The molecule has 3 aromatic rings. The summed E-state index contributed by atoms with van der Waals surface area (Å²) in [4.78, 5) is 37.7. The summed E-state index contributed by atoms with van der Waals surface area (Å²) in [5, 5.41) is 6.78. The number of hydrogen-bond donors (Lipinski definition) is 1. The van der Waals surface area contributed by atoms with Crippen LogP contribution in [0.5, 0.6) is 0 Å². The first-order valence-corrected chi connectivity index (χ1v) is 9.15. The van der Waals surface area contributed by atoms with E-state index in [1.165, 1.54) is 6.07 Å². The van der Waals surface area contributed by atoms with E-state index in [9.17, 15) is 14.4 Å². The van der Waals surface area contributed by atoms with Crippen LogP contribution in [-0.2, 0) is 4.74 Å². The van der Waals surface area contributed by atoms with Gasteiger partial charge in [-0.1, -0.05) is 35.4 Å². The van der Waals surface area contributed by atoms with Crippen LogP contribution in [0.25, 0.3) is 5.69 Å². The second-order valence-corrected chi connectivity index (χ2v) is 6.54. The molecule has 0 spiro atoms. The van der Waals surface area contributed by atoms with Gasteiger partial charge in [0.2, 0.25) is 0 Å². The molecule has 148 valence electrons. The third-order valence-corrected chi connectivity index (χ3v) is 4.21. The van der Waals surface area contributed by atoms with Crippen molar-refractivity contribution >= 4 is 17.6 Å². The number of carbonyl (C=O) groups excluding carboxylic acids is 2. The minimum absolute atomic E-state index is 0.00307. The van der Waals surface area contributed by atoms with Crippen LogP contribution in [0.15, 0.2) is 59.4 Å². The van der Waals surface area contributed by atoms with E-state index in [4.69, 9.17) is 4.74 Å². The summed E-state index contributed by atoms with van der Waals surface area (Å²) < 4.78 is 6.16. The average Bonchev–Trinajstić information content (AvgIpc) is 2.69. The van der Waals surface area contributed by atoms with Crippen molar-refractivity contribution in [2.75, 3.05) is 11.9 Å². The molecule has 0 saturated heterocycles. The molecule has 0 aliphatic carbocycles. The minimum atomic E-state index is -0.729. The predicted octanol–water partition coefficient (Wildman–Crippen LogP) is 3.28. The second kappa shape index (κ2) is 8.52. The molecular weight excluding hydrogens is 370 g/mol. The molecular formula is C22H21N3O4. The molecule has 0 radical (unpaired) electrons. The summed E-state index contributed by atoms with van der Waals surface area (Å²) in [7, 11) is 0. The zero-order valence-electron chi connectivity index (χ0n) is 16.4. The van der Waals surface area contributed by atoms with Crippen LogP contribution in [0.4, 0.5) is 5.69 Å². The van der Waals surface area contributed by atoms with E-state index in [1.54, 1.807) is 37.3 Å². The lowest BCUT2D eigenvalue weighted by Crippen LogP contribution is -2.27. The number of benzene rings is 2. The predicted molar refractivity (Wildman–Crippen MR) is 110 cm³/mol. The quantitative estimate of drug-likeness (QED) is 0.674. The van der Waals surface area contributed by atoms with Crippen LogP contribution in [0.1, 0.15) is 38.9 Å². The van der Waals surface area contributed by atoms with Gasteiger partial charge in [-0.3, -0.25) is 9.59 Å². The topological polar surface area (TPSA) is 90.3 Å². The molecule has 0 fully saturated rings. The number of ether oxygens (including phenoxy) is 1. The summed E-state index contributed by atoms with van der Waals surface area (Å²) in [5.41, 5.74) is 2.22. The molecule has 0 atom stereocenters. The van der Waals surface area contributed by atoms with E-state index in [0.29, 0.717) is 11.3 Å². The van der Waals surface area contributed by atoms with Gasteiger partial charge in [0.15, 0.2) is 5.69 Å². The first kappa shape index (κ1) is 20.0. The zero-order valence-corrected chi connectivity index (χ0v) is 16.4. The highest BCUT2D eigenvalue weighted by molar-refractivity contribution is 6.07. The van der Waals surface area contributed by atoms with Crippen molar-refractivity contribution in [3.05, 3.63) is 87.3 Å². The van der Waals surface area contributed by atoms with Crippen LogP contribution in [0.2, 0.25) is 0 Å². The first-order chi connectivity index (χ1) is 13.9. The normalized spacial score (nSPS) is 10.4. The highest BCUT2D eigenvalue weighted by atomic mass is 16.5. The van der Waals surface area contributed by atoms with E-state index in [1.807, 2.05) is 32.0 Å². The van der Waals surface area contributed by atoms with E-state index in [-0.39, 0.29) is 18.0 Å². The van der Waals surface area contributed by atoms with Gasteiger partial charge in [-0.15, -0.1) is 0 Å². The summed E-state index contributed by atoms with van der Waals surface area (Å²) in [5.74, 6) is -1.18. The molecule has 3 rings (SSSR count). The number of rotatable bonds is 5. The standard InChI is InChI=1S/C22H21N3O4/c1-4-29-22(28)20-18(23-21(27)16-7-5-6-15(3)12-16)13-19(26)25(24-20)17-10-8-14(2)9-11-17/h5-13H,4H2,1-3H3,(H,23,27). The van der Waals surface area contributed by atoms with Crippen molar-refractivity contribution < 1.29 is 14.3 Å². The van der Waals surface area contributed by atoms with Gasteiger partial charge in [0.05, 0.1) is 18.0 Å². The Morgan fingerprint density at radius 3 is 2.41 bits per heavy atom. The molecule has 0 aliphatic heterocycles. The Kier molecular flexibility index (Phi) is 5.87. The van der Waals surface area contributed by atoms with Crippen LogP contribution < -0.4 is 10.9 Å². The van der Waals surface area contributed by atoms with Crippen molar-refractivity contribution in [3.63, 3.8) is 0 Å². The highest BCUT2D eigenvalue weighted by Gasteiger charge is 2.20. The van der Waals surface area contributed by atoms with Gasteiger partial charge in [-0.2, -0.15) is 9.78 Å². The smallest absolute Gasteiger partial charge is 0.360 e. The number of aryl methyl sites for hydroxylation is 2. The molecule has 1 N–H and O–H groups in total. The molecule has 2 aromatic carbocycles. The van der Waals surface area contributed by atoms with E-state index >= 15 is 0 Å². The van der Waals surface area contributed by atoms with Crippen molar-refractivity contribution in [1.82, 2.24) is 9.78 Å². The monoisotopic (exact) mass is 391 g/mol. The van der Waals surface area contributed by atoms with Crippen LogP contribution >= 0.6 is 0 Å². The summed E-state index contributed by atoms with van der Waals surface area (Å²) in [6, 6.07) is 15.3. The number of esters is 1. The lowest BCUT2D eigenvalue weighted by Gasteiger charge is -2.13. The Balaban J connectivity index is 2.04. The van der Waals surface area contributed by atoms with Gasteiger partial charge in [0.1, 0.15) is 0 Å². The molecule has 1 heterocycles. The first-order valence-electron chi connectivity index (χ1n) is 9.15. The van der Waals surface area contributed by atoms with Gasteiger partial charge in [-0.05, 0) is 45.0 Å². The molecule has 29 heavy (non-hydrogen) atoms. The fourth-order valence-electron chi connectivity index (χ4n) is 2.75. The molecule has 0 aliphatic rings. The van der Waals surface area contributed by atoms with Gasteiger partial charge < -0.3 is 10.1 Å². The third-order valence-electron chi connectivity index (χ3n) is 4.21. The maximum absolute atomic E-state index is 12.6. The summed E-state index contributed by atoms with van der Waals surface area (Å²) in [6.07, 6.45) is 0. The molecule has 1 aromatic heterocycles. The summed E-state index contributed by atoms with van der Waals surface area (Å²) >= 11 is 0. The number of carbonyl (C=O) groups is 2. The van der Waals surface area contributed by atoms with Gasteiger partial charge in [0.25, 0.3) is 11.5 Å². The number of nitrogens with one attached hydrogen (secondary N) is 1. The number of nitrogens with zero attached hydrogens (tertiary/aromatic N) is 2. The number of aromatic nitrogens is 2. The molecule has 0 unspecified atom stereocenters. The van der Waals surface area contributed by atoms with Gasteiger partial charge >= 0.3 is 5.97 Å². The van der Waals surface area contributed by atoms with Crippen LogP contribution in [-0.4, -0.2) is 28.3 Å². The highest BCUT2D eigenvalue weighted by Crippen LogP contribution is 2.16. The van der Waals surface area contributed by atoms with Gasteiger partial charge in [0, 0.05) is 11.6 Å². The molecule has 7 heteroatoms. The van der Waals surface area contributed by atoms with E-state index in [2.05, 4.69) is 10.4 Å². The number of anilines is 1. The lowest BCUT2D eigenvalue weighted by molar-refractivity contribution is 0.0518. The van der Waals surface area contributed by atoms with Crippen molar-refractivity contribution in [1.29, 1.82) is 0 Å². The van der Waals surface area contributed by atoms with Crippen molar-refractivity contribution in [2.45, 2.75) is 20.8 Å². The SMILES string of the molecule is CCOC(=O)c1nn(-c2ccc(C)cc2)c(=O)cc1NC(=O)c1cccc(C)c1. The van der Waals surface area contributed by atoms with E-state index in [0.717, 1.165) is 15.8 Å². The molecule has 1 amide bonds. The van der Waals surface area contributed by atoms with Crippen molar-refractivity contribution in [3.8, 4) is 5.69 Å². The maximum atomic E-state index is 12.6. The number of hydrogen-bond acceptors (Lipinski definition) is 5. The largest absolute Gasteiger partial charge is 0.461 e. The second-order valence-electron chi connectivity index (χ2n) is 6.54. The lowest BCUT2D eigenvalue weighted by atomic mass is 10.1. The minimum Gasteiger partial charge on any atom is -0.461 e. The van der Waals surface area contributed by atoms with Gasteiger partial charge in [-0.25, -0.2) is 4.79 Å². The zero-order chi connectivity index (χ0) is 21.0. The fourth-order valence-corrected chi connectivity index (χ4v) is 2.75. The maximum Gasteiger partial charge on any atom is 0.360 e. The Labute approximate surface area is 168 Å². The molecule has 0 saturated carbocycles. The Hall–Kier alpha value is -3.74. The van der Waals surface area contributed by atoms with E-state index < -0.39 is 17.4 Å². The Bertz CT molecular complexity index is 1120. The Morgan fingerprint density at radius 2 is 1.76 bits per heavy atom. The Morgan fingerprint density at radius 1 is 1.03 bits per heavy atom. The third kappa shape index (κ3) is 4.57. The average molecular weight is 391 g/mol. The fraction of sp³-hybridized carbons (Fsp3) is 0.182. The van der Waals surface area contributed by atoms with Crippen molar-refractivity contribution in [2.24, 2.45) is 0 Å². The van der Waals surface area contributed by atoms with Crippen LogP contribution in [0, 0.1) is 13.8 Å². The molecule has 0 bridgehead atoms.